The van der Waals surface area contributed by atoms with Gasteiger partial charge < -0.3 is 10.4 Å². The first kappa shape index (κ1) is 16.5. The molecule has 0 spiro atoms. The largest absolute Gasteiger partial charge is 0.391 e. The van der Waals surface area contributed by atoms with E-state index in [2.05, 4.69) is 40.2 Å². The van der Waals surface area contributed by atoms with Crippen LogP contribution in [-0.2, 0) is 6.54 Å². The molecule has 0 saturated heterocycles. The number of aliphatic hydroxyl groups is 1. The summed E-state index contributed by atoms with van der Waals surface area (Å²) in [4.78, 5) is 12.3. The van der Waals surface area contributed by atoms with E-state index < -0.39 is 0 Å². The van der Waals surface area contributed by atoms with Crippen LogP contribution in [0.2, 0.25) is 0 Å². The molecule has 1 aromatic heterocycles. The molecule has 5 nitrogen and oxygen atoms in total. The molecule has 0 amide bonds. The van der Waals surface area contributed by atoms with Crippen LogP contribution in [-0.4, -0.2) is 27.0 Å². The molecule has 0 aliphatic heterocycles. The summed E-state index contributed by atoms with van der Waals surface area (Å²) in [7, 11) is 0. The van der Waals surface area contributed by atoms with Gasteiger partial charge in [-0.25, -0.2) is 4.68 Å². The van der Waals surface area contributed by atoms with Crippen LogP contribution >= 0.6 is 15.9 Å². The molecule has 1 fully saturated rings. The fraction of sp³-hybridized carbons (Fsp3) is 0.733. The number of nitrogens with one attached hydrogen (secondary N) is 1. The molecular formula is C15H24BrN3O2. The Bertz CT molecular complexity index is 530. The summed E-state index contributed by atoms with van der Waals surface area (Å²) < 4.78 is 1.97. The molecule has 1 aliphatic carbocycles. The number of aromatic nitrogens is 2. The normalized spacial score (nSPS) is 23.1. The number of anilines is 1. The van der Waals surface area contributed by atoms with Gasteiger partial charge in [0.25, 0.3) is 5.56 Å². The SMILES string of the molecule is CC(C)Cn1ncc(NC2CCCCCC2O)c(Br)c1=O. The van der Waals surface area contributed by atoms with Gasteiger partial charge in [-0.3, -0.25) is 4.79 Å². The Balaban J connectivity index is 2.16. The van der Waals surface area contributed by atoms with Crippen molar-refractivity contribution < 1.29 is 5.11 Å². The molecule has 1 saturated carbocycles. The van der Waals surface area contributed by atoms with Crippen LogP contribution in [0.4, 0.5) is 5.69 Å². The van der Waals surface area contributed by atoms with E-state index in [1.54, 1.807) is 6.20 Å². The Morgan fingerprint density at radius 2 is 2.14 bits per heavy atom. The van der Waals surface area contributed by atoms with Gasteiger partial charge >= 0.3 is 0 Å². The third-order valence-electron chi connectivity index (χ3n) is 3.84. The first-order chi connectivity index (χ1) is 9.99. The predicted octanol–water partition coefficient (Wildman–Crippen LogP) is 2.77. The maximum Gasteiger partial charge on any atom is 0.283 e. The highest BCUT2D eigenvalue weighted by atomic mass is 79.9. The molecule has 2 rings (SSSR count). The van der Waals surface area contributed by atoms with Gasteiger partial charge in [0.15, 0.2) is 0 Å². The topological polar surface area (TPSA) is 67.2 Å². The first-order valence-corrected chi connectivity index (χ1v) is 8.48. The number of nitrogens with zero attached hydrogens (tertiary/aromatic N) is 2. The highest BCUT2D eigenvalue weighted by molar-refractivity contribution is 9.10. The Labute approximate surface area is 133 Å². The lowest BCUT2D eigenvalue weighted by molar-refractivity contribution is 0.144. The number of rotatable bonds is 4. The van der Waals surface area contributed by atoms with Gasteiger partial charge in [0.05, 0.1) is 24.0 Å². The average molecular weight is 358 g/mol. The van der Waals surface area contributed by atoms with Gasteiger partial charge in [-0.1, -0.05) is 33.1 Å². The second-order valence-corrected chi connectivity index (χ2v) is 7.00. The van der Waals surface area contributed by atoms with E-state index in [0.717, 1.165) is 32.1 Å². The third-order valence-corrected chi connectivity index (χ3v) is 4.61. The minimum atomic E-state index is -0.363. The molecular weight excluding hydrogens is 334 g/mol. The highest BCUT2D eigenvalue weighted by Crippen LogP contribution is 2.24. The molecule has 1 aromatic rings. The van der Waals surface area contributed by atoms with Crippen molar-refractivity contribution in [1.29, 1.82) is 0 Å². The van der Waals surface area contributed by atoms with Crippen molar-refractivity contribution in [2.24, 2.45) is 5.92 Å². The average Bonchev–Trinajstić information content (AvgIpc) is 2.63. The fourth-order valence-electron chi connectivity index (χ4n) is 2.70. The summed E-state index contributed by atoms with van der Waals surface area (Å²) in [6, 6.07) is -0.00838. The van der Waals surface area contributed by atoms with Crippen LogP contribution in [0, 0.1) is 5.92 Å². The Morgan fingerprint density at radius 1 is 1.43 bits per heavy atom. The lowest BCUT2D eigenvalue weighted by Crippen LogP contribution is -2.34. The third kappa shape index (κ3) is 4.30. The van der Waals surface area contributed by atoms with Crippen molar-refractivity contribution >= 4 is 21.6 Å². The summed E-state index contributed by atoms with van der Waals surface area (Å²) in [6.07, 6.45) is 6.36. The molecule has 1 aliphatic rings. The Morgan fingerprint density at radius 3 is 2.86 bits per heavy atom. The zero-order valence-electron chi connectivity index (χ0n) is 12.7. The molecule has 0 aromatic carbocycles. The number of hydrogen-bond acceptors (Lipinski definition) is 4. The van der Waals surface area contributed by atoms with E-state index in [1.165, 1.54) is 4.68 Å². The van der Waals surface area contributed by atoms with Crippen molar-refractivity contribution in [2.75, 3.05) is 5.32 Å². The van der Waals surface area contributed by atoms with Crippen LogP contribution in [0.1, 0.15) is 46.0 Å². The number of halogens is 1. The van der Waals surface area contributed by atoms with Crippen molar-refractivity contribution in [3.05, 3.63) is 21.0 Å². The minimum Gasteiger partial charge on any atom is -0.391 e. The summed E-state index contributed by atoms with van der Waals surface area (Å²) >= 11 is 3.37. The van der Waals surface area contributed by atoms with Crippen molar-refractivity contribution in [1.82, 2.24) is 9.78 Å². The maximum absolute atomic E-state index is 12.3. The van der Waals surface area contributed by atoms with E-state index in [4.69, 9.17) is 0 Å². The summed E-state index contributed by atoms with van der Waals surface area (Å²) in [6.45, 7) is 4.70. The van der Waals surface area contributed by atoms with Crippen molar-refractivity contribution in [2.45, 2.75) is 64.6 Å². The van der Waals surface area contributed by atoms with Gasteiger partial charge in [0, 0.05) is 6.54 Å². The maximum atomic E-state index is 12.3. The summed E-state index contributed by atoms with van der Waals surface area (Å²) in [5, 5.41) is 17.7. The highest BCUT2D eigenvalue weighted by Gasteiger charge is 2.22. The van der Waals surface area contributed by atoms with E-state index in [9.17, 15) is 9.90 Å². The molecule has 6 heteroatoms. The molecule has 118 valence electrons. The van der Waals surface area contributed by atoms with Gasteiger partial charge in [-0.2, -0.15) is 5.10 Å². The number of hydrogen-bond donors (Lipinski definition) is 2. The molecule has 2 atom stereocenters. The first-order valence-electron chi connectivity index (χ1n) is 7.69. The van der Waals surface area contributed by atoms with Crippen LogP contribution in [0.5, 0.6) is 0 Å². The summed E-state index contributed by atoms with van der Waals surface area (Å²) in [5.41, 5.74) is 0.544. The monoisotopic (exact) mass is 357 g/mol. The molecule has 1 heterocycles. The molecule has 21 heavy (non-hydrogen) atoms. The Hall–Kier alpha value is -0.880. The van der Waals surface area contributed by atoms with Crippen LogP contribution in [0.25, 0.3) is 0 Å². The van der Waals surface area contributed by atoms with E-state index >= 15 is 0 Å². The van der Waals surface area contributed by atoms with E-state index in [-0.39, 0.29) is 17.7 Å². The van der Waals surface area contributed by atoms with Crippen molar-refractivity contribution in [3.63, 3.8) is 0 Å². The smallest absolute Gasteiger partial charge is 0.283 e. The van der Waals surface area contributed by atoms with Crippen molar-refractivity contribution in [3.8, 4) is 0 Å². The quantitative estimate of drug-likeness (QED) is 0.813. The fourth-order valence-corrected chi connectivity index (χ4v) is 3.12. The Kier molecular flexibility index (Phi) is 5.81. The second kappa shape index (κ2) is 7.40. The standard InChI is InChI=1S/C15H24BrN3O2/c1-10(2)9-19-15(21)14(16)12(8-17-19)18-11-6-4-3-5-7-13(11)20/h8,10-11,13,18,20H,3-7,9H2,1-2H3. The lowest BCUT2D eigenvalue weighted by atomic mass is 10.1. The zero-order chi connectivity index (χ0) is 15.4. The van der Waals surface area contributed by atoms with Gasteiger partial charge in [0.2, 0.25) is 0 Å². The lowest BCUT2D eigenvalue weighted by Gasteiger charge is -2.23. The number of aliphatic hydroxyl groups excluding tert-OH is 1. The molecule has 2 N–H and O–H groups in total. The van der Waals surface area contributed by atoms with Crippen LogP contribution < -0.4 is 10.9 Å². The predicted molar refractivity (Wildman–Crippen MR) is 87.5 cm³/mol. The van der Waals surface area contributed by atoms with E-state index in [0.29, 0.717) is 22.6 Å². The van der Waals surface area contributed by atoms with Crippen LogP contribution in [0.15, 0.2) is 15.5 Å². The molecule has 2 unspecified atom stereocenters. The van der Waals surface area contributed by atoms with Gasteiger partial charge in [-0.05, 0) is 34.7 Å². The van der Waals surface area contributed by atoms with Gasteiger partial charge in [-0.15, -0.1) is 0 Å². The second-order valence-electron chi connectivity index (χ2n) is 6.21. The zero-order valence-corrected chi connectivity index (χ0v) is 14.3. The molecule has 0 radical (unpaired) electrons. The van der Waals surface area contributed by atoms with E-state index in [1.807, 2.05) is 0 Å². The summed E-state index contributed by atoms with van der Waals surface area (Å²) in [5.74, 6) is 0.365. The van der Waals surface area contributed by atoms with Crippen LogP contribution in [0.3, 0.4) is 0 Å². The minimum absolute atomic E-state index is 0.00838. The van der Waals surface area contributed by atoms with Gasteiger partial charge in [0.1, 0.15) is 4.47 Å². The molecule has 0 bridgehead atoms.